The summed E-state index contributed by atoms with van der Waals surface area (Å²) in [7, 11) is 0. The maximum atomic E-state index is 15.6. The van der Waals surface area contributed by atoms with Crippen LogP contribution in [0.25, 0.3) is 11.2 Å². The van der Waals surface area contributed by atoms with Crippen LogP contribution in [0.1, 0.15) is 68.5 Å². The number of carbonyl (C=O) groups excluding carboxylic acids is 4. The van der Waals surface area contributed by atoms with Crippen molar-refractivity contribution in [3.8, 4) is 0 Å². The second-order valence-corrected chi connectivity index (χ2v) is 11.8. The summed E-state index contributed by atoms with van der Waals surface area (Å²) in [5.41, 5.74) is -1.86. The molecule has 15 heteroatoms. The third kappa shape index (κ3) is 7.56. The van der Waals surface area contributed by atoms with E-state index in [-0.39, 0.29) is 30.2 Å². The van der Waals surface area contributed by atoms with Gasteiger partial charge in [-0.15, -0.1) is 0 Å². The lowest BCUT2D eigenvalue weighted by molar-refractivity contribution is -0.164. The molecular formula is C27H38FN5O9. The van der Waals surface area contributed by atoms with Gasteiger partial charge in [0.05, 0.1) is 25.6 Å². The molecule has 1 saturated heterocycles. The van der Waals surface area contributed by atoms with Gasteiger partial charge >= 0.3 is 18.2 Å². The minimum atomic E-state index is -1.58. The Kier molecular flexibility index (Phi) is 9.88. The average Bonchev–Trinajstić information content (AvgIpc) is 3.39. The molecule has 3 rings (SSSR count). The zero-order valence-electron chi connectivity index (χ0n) is 25.2. The predicted octanol–water partition coefficient (Wildman–Crippen LogP) is 3.91. The fourth-order valence-electron chi connectivity index (χ4n) is 4.07. The summed E-state index contributed by atoms with van der Waals surface area (Å²) in [6, 6.07) is 0. The first-order valence-electron chi connectivity index (χ1n) is 13.5. The SMILES string of the molecule is CCOC(=O)C(OC[C@H]1O[C@@H](n2cnc3c(N(C(=O)OC(C)(C)C)C(=O)OC(C)(C)C)ncnc32)[C@H](F)[C@@H]1C)C(C)=O. The highest BCUT2D eigenvalue weighted by molar-refractivity contribution is 6.12. The number of fused-ring (bicyclic) bond motifs is 1. The molecule has 1 fully saturated rings. The third-order valence-electron chi connectivity index (χ3n) is 5.95. The van der Waals surface area contributed by atoms with Crippen molar-refractivity contribution in [2.24, 2.45) is 5.92 Å². The van der Waals surface area contributed by atoms with Crippen molar-refractivity contribution in [1.29, 1.82) is 0 Å². The van der Waals surface area contributed by atoms with Crippen LogP contribution in [0, 0.1) is 5.92 Å². The summed E-state index contributed by atoms with van der Waals surface area (Å²) in [4.78, 5) is 63.5. The van der Waals surface area contributed by atoms with Crippen molar-refractivity contribution < 1.29 is 47.3 Å². The van der Waals surface area contributed by atoms with Gasteiger partial charge in [0, 0.05) is 5.92 Å². The molecule has 1 aliphatic heterocycles. The number of rotatable bonds is 8. The van der Waals surface area contributed by atoms with Crippen molar-refractivity contribution in [3.05, 3.63) is 12.7 Å². The van der Waals surface area contributed by atoms with E-state index in [9.17, 15) is 19.2 Å². The lowest BCUT2D eigenvalue weighted by Crippen LogP contribution is -2.44. The standard InChI is InChI=1S/C27H38FN5O9/c1-10-38-23(35)19(15(3)34)39-11-16-14(2)17(28)22(40-16)32-13-31-18-20(32)29-12-30-21(18)33(24(36)41-26(4,5)6)25(37)42-27(7,8)9/h12-14,16-17,19,22H,10-11H2,1-9H3/t14-,16-,17-,19?,22-/m1/s1. The van der Waals surface area contributed by atoms with Gasteiger partial charge in [-0.05, 0) is 55.4 Å². The van der Waals surface area contributed by atoms with Crippen molar-refractivity contribution in [2.45, 2.75) is 98.1 Å². The van der Waals surface area contributed by atoms with E-state index in [0.29, 0.717) is 4.90 Å². The van der Waals surface area contributed by atoms with E-state index in [1.165, 1.54) is 17.8 Å². The number of hydrogen-bond acceptors (Lipinski definition) is 12. The minimum Gasteiger partial charge on any atom is -0.464 e. The quantitative estimate of drug-likeness (QED) is 0.246. The van der Waals surface area contributed by atoms with E-state index in [1.54, 1.807) is 55.4 Å². The first kappa shape index (κ1) is 32.8. The summed E-state index contributed by atoms with van der Waals surface area (Å²) in [5, 5.41) is 0. The van der Waals surface area contributed by atoms with Crippen molar-refractivity contribution in [2.75, 3.05) is 18.1 Å². The molecule has 2 aromatic heterocycles. The Bertz CT molecular complexity index is 1290. The first-order chi connectivity index (χ1) is 19.4. The molecule has 0 spiro atoms. The molecule has 0 bridgehead atoms. The number of halogens is 1. The maximum absolute atomic E-state index is 15.6. The van der Waals surface area contributed by atoms with E-state index in [2.05, 4.69) is 15.0 Å². The molecule has 2 amide bonds. The monoisotopic (exact) mass is 595 g/mol. The molecule has 1 aliphatic rings. The fourth-order valence-corrected chi connectivity index (χ4v) is 4.07. The van der Waals surface area contributed by atoms with Gasteiger partial charge in [0.1, 0.15) is 17.5 Å². The van der Waals surface area contributed by atoms with E-state index < -0.39 is 65.7 Å². The van der Waals surface area contributed by atoms with Crippen LogP contribution in [0.3, 0.4) is 0 Å². The topological polar surface area (TPSA) is 161 Å². The number of imidazole rings is 1. The fraction of sp³-hybridized carbons (Fsp3) is 0.667. The van der Waals surface area contributed by atoms with Crippen LogP contribution in [0.4, 0.5) is 19.8 Å². The molecule has 0 N–H and O–H groups in total. The van der Waals surface area contributed by atoms with Crippen LogP contribution in [0.5, 0.6) is 0 Å². The van der Waals surface area contributed by atoms with Crippen molar-refractivity contribution in [1.82, 2.24) is 19.5 Å². The lowest BCUT2D eigenvalue weighted by Gasteiger charge is -2.28. The van der Waals surface area contributed by atoms with E-state index in [0.717, 1.165) is 6.33 Å². The van der Waals surface area contributed by atoms with Gasteiger partial charge in [-0.25, -0.2) is 33.7 Å². The first-order valence-corrected chi connectivity index (χ1v) is 13.5. The van der Waals surface area contributed by atoms with Gasteiger partial charge in [-0.3, -0.25) is 9.36 Å². The number of anilines is 1. The molecular weight excluding hydrogens is 557 g/mol. The Labute approximate surface area is 242 Å². The number of Topliss-reactive ketones (excluding diaryl/α,β-unsaturated/α-hetero) is 1. The molecule has 5 atom stereocenters. The second-order valence-electron chi connectivity index (χ2n) is 11.8. The molecule has 232 valence electrons. The number of ether oxygens (including phenoxy) is 5. The van der Waals surface area contributed by atoms with Crippen LogP contribution in [-0.4, -0.2) is 86.3 Å². The molecule has 0 radical (unpaired) electrons. The third-order valence-corrected chi connectivity index (χ3v) is 5.95. The lowest BCUT2D eigenvalue weighted by atomic mass is 10.0. The highest BCUT2D eigenvalue weighted by Gasteiger charge is 2.45. The Morgan fingerprint density at radius 3 is 2.17 bits per heavy atom. The van der Waals surface area contributed by atoms with E-state index in [4.69, 9.17) is 23.7 Å². The van der Waals surface area contributed by atoms with Crippen LogP contribution >= 0.6 is 0 Å². The minimum absolute atomic E-state index is 0.0173. The molecule has 1 unspecified atom stereocenters. The molecule has 0 saturated carbocycles. The number of hydrogen-bond donors (Lipinski definition) is 0. The van der Waals surface area contributed by atoms with Gasteiger partial charge in [0.15, 0.2) is 35.2 Å². The summed E-state index contributed by atoms with van der Waals surface area (Å²) >= 11 is 0. The summed E-state index contributed by atoms with van der Waals surface area (Å²) in [5.74, 6) is -2.35. The predicted molar refractivity (Wildman–Crippen MR) is 145 cm³/mol. The Morgan fingerprint density at radius 1 is 1.05 bits per heavy atom. The number of ketones is 1. The largest absolute Gasteiger partial charge is 0.464 e. The highest BCUT2D eigenvalue weighted by Crippen LogP contribution is 2.38. The van der Waals surface area contributed by atoms with Crippen LogP contribution in [0.15, 0.2) is 12.7 Å². The van der Waals surface area contributed by atoms with Crippen molar-refractivity contribution >= 4 is 40.9 Å². The van der Waals surface area contributed by atoms with E-state index in [1.807, 2.05) is 0 Å². The van der Waals surface area contributed by atoms with Crippen molar-refractivity contribution in [3.63, 3.8) is 0 Å². The zero-order valence-corrected chi connectivity index (χ0v) is 25.2. The number of imide groups is 1. The van der Waals surface area contributed by atoms with Crippen LogP contribution < -0.4 is 4.90 Å². The van der Waals surface area contributed by atoms with E-state index >= 15 is 4.39 Å². The van der Waals surface area contributed by atoms with Gasteiger partial charge < -0.3 is 23.7 Å². The highest BCUT2D eigenvalue weighted by atomic mass is 19.1. The Hall–Kier alpha value is -3.72. The number of esters is 1. The summed E-state index contributed by atoms with van der Waals surface area (Å²) in [6.07, 6.45) is -4.92. The second kappa shape index (κ2) is 12.7. The molecule has 42 heavy (non-hydrogen) atoms. The molecule has 0 aliphatic carbocycles. The van der Waals surface area contributed by atoms with Gasteiger partial charge in [0.2, 0.25) is 6.10 Å². The molecule has 3 heterocycles. The Balaban J connectivity index is 1.93. The maximum Gasteiger partial charge on any atom is 0.425 e. The zero-order chi connectivity index (χ0) is 31.6. The number of nitrogens with zero attached hydrogens (tertiary/aromatic N) is 5. The van der Waals surface area contributed by atoms with Crippen LogP contribution in [0.2, 0.25) is 0 Å². The summed E-state index contributed by atoms with van der Waals surface area (Å²) in [6.45, 7) is 14.0. The van der Waals surface area contributed by atoms with Gasteiger partial charge in [0.25, 0.3) is 0 Å². The summed E-state index contributed by atoms with van der Waals surface area (Å²) < 4.78 is 44.0. The molecule has 2 aromatic rings. The smallest absolute Gasteiger partial charge is 0.425 e. The average molecular weight is 596 g/mol. The number of amides is 2. The Morgan fingerprint density at radius 2 is 1.64 bits per heavy atom. The van der Waals surface area contributed by atoms with Gasteiger partial charge in [-0.2, -0.15) is 4.90 Å². The normalized spacial score (nSPS) is 21.6. The van der Waals surface area contributed by atoms with Gasteiger partial charge in [-0.1, -0.05) is 6.92 Å². The molecule has 14 nitrogen and oxygen atoms in total. The number of aromatic nitrogens is 4. The molecule has 0 aromatic carbocycles. The number of carbonyl (C=O) groups is 4. The van der Waals surface area contributed by atoms with Crippen LogP contribution in [-0.2, 0) is 33.3 Å². The number of alkyl halides is 1.